The van der Waals surface area contributed by atoms with Gasteiger partial charge in [-0.3, -0.25) is 4.99 Å². The first-order chi connectivity index (χ1) is 14.8. The van der Waals surface area contributed by atoms with Crippen LogP contribution in [0, 0.1) is 5.92 Å². The molecule has 2 heterocycles. The third-order valence-electron chi connectivity index (χ3n) is 6.13. The monoisotopic (exact) mass is 404 g/mol. The Hall–Kier alpha value is -2.95. The van der Waals surface area contributed by atoms with E-state index in [1.165, 1.54) is 23.2 Å². The van der Waals surface area contributed by atoms with Gasteiger partial charge in [0.2, 0.25) is 0 Å². The van der Waals surface area contributed by atoms with E-state index >= 15 is 0 Å². The molecule has 2 aliphatic rings. The molecular weight excluding hydrogens is 372 g/mol. The fourth-order valence-electron chi connectivity index (χ4n) is 4.45. The molecule has 1 unspecified atom stereocenters. The highest BCUT2D eigenvalue weighted by Crippen LogP contribution is 2.31. The molecule has 0 amide bonds. The molecule has 0 aliphatic carbocycles. The molecule has 0 spiro atoms. The topological polar surface area (TPSA) is 40.1 Å². The van der Waals surface area contributed by atoms with Crippen LogP contribution >= 0.6 is 0 Å². The highest BCUT2D eigenvalue weighted by atomic mass is 16.5. The molecule has 5 heteroatoms. The lowest BCUT2D eigenvalue weighted by atomic mass is 10.00. The number of nitrogens with zero attached hydrogens (tertiary/aromatic N) is 3. The summed E-state index contributed by atoms with van der Waals surface area (Å²) in [6.07, 6.45) is 4.57. The lowest BCUT2D eigenvalue weighted by molar-refractivity contribution is 0.414. The van der Waals surface area contributed by atoms with Crippen molar-refractivity contribution >= 4 is 17.2 Å². The van der Waals surface area contributed by atoms with Gasteiger partial charge in [0.15, 0.2) is 5.96 Å². The van der Waals surface area contributed by atoms with Crippen molar-refractivity contribution in [2.75, 3.05) is 51.8 Å². The minimum Gasteiger partial charge on any atom is -0.495 e. The van der Waals surface area contributed by atoms with Crippen molar-refractivity contribution in [1.29, 1.82) is 0 Å². The highest BCUT2D eigenvalue weighted by molar-refractivity contribution is 5.81. The minimum absolute atomic E-state index is 0.604. The Bertz CT molecular complexity index is 893. The average Bonchev–Trinajstić information content (AvgIpc) is 3.29. The van der Waals surface area contributed by atoms with Gasteiger partial charge in [-0.1, -0.05) is 48.5 Å². The van der Waals surface area contributed by atoms with Crippen LogP contribution in [0.5, 0.6) is 5.75 Å². The smallest absolute Gasteiger partial charge is 0.193 e. The van der Waals surface area contributed by atoms with Crippen molar-refractivity contribution in [3.63, 3.8) is 0 Å². The van der Waals surface area contributed by atoms with Crippen molar-refractivity contribution in [3.8, 4) is 5.75 Å². The number of benzene rings is 2. The fourth-order valence-corrected chi connectivity index (χ4v) is 4.45. The predicted octanol–water partition coefficient (Wildman–Crippen LogP) is 3.89. The van der Waals surface area contributed by atoms with Gasteiger partial charge in [0.05, 0.1) is 12.8 Å². The molecule has 0 aromatic heterocycles. The Morgan fingerprint density at radius 3 is 2.63 bits per heavy atom. The summed E-state index contributed by atoms with van der Waals surface area (Å²) in [4.78, 5) is 9.32. The quantitative estimate of drug-likeness (QED) is 0.606. The summed E-state index contributed by atoms with van der Waals surface area (Å²) in [5.74, 6) is 2.57. The summed E-state index contributed by atoms with van der Waals surface area (Å²) in [6, 6.07) is 19.0. The number of hydrogen-bond acceptors (Lipinski definition) is 3. The maximum absolute atomic E-state index is 5.54. The number of rotatable bonds is 5. The van der Waals surface area contributed by atoms with Crippen LogP contribution in [0.1, 0.15) is 18.4 Å². The van der Waals surface area contributed by atoms with Gasteiger partial charge < -0.3 is 19.9 Å². The summed E-state index contributed by atoms with van der Waals surface area (Å²) in [7, 11) is 3.63. The lowest BCUT2D eigenvalue weighted by Gasteiger charge is -2.30. The molecule has 1 saturated heterocycles. The molecule has 2 aromatic carbocycles. The molecule has 0 bridgehead atoms. The fraction of sp³-hybridized carbons (Fsp3) is 0.400. The number of aliphatic imine (C=N–C) groups is 1. The maximum atomic E-state index is 5.54. The first-order valence-electron chi connectivity index (χ1n) is 10.9. The number of anilines is 1. The van der Waals surface area contributed by atoms with Gasteiger partial charge in [-0.05, 0) is 42.0 Å². The van der Waals surface area contributed by atoms with Crippen LogP contribution in [-0.4, -0.2) is 57.7 Å². The van der Waals surface area contributed by atoms with E-state index in [0.717, 1.165) is 50.9 Å². The highest BCUT2D eigenvalue weighted by Gasteiger charge is 2.25. The Balaban J connectivity index is 1.30. The molecular formula is C25H32N4O. The van der Waals surface area contributed by atoms with E-state index < -0.39 is 0 Å². The van der Waals surface area contributed by atoms with E-state index in [1.54, 1.807) is 7.11 Å². The molecule has 4 rings (SSSR count). The second-order valence-electron chi connectivity index (χ2n) is 7.99. The predicted molar refractivity (Wildman–Crippen MR) is 125 cm³/mol. The third-order valence-corrected chi connectivity index (χ3v) is 6.13. The summed E-state index contributed by atoms with van der Waals surface area (Å²) in [6.45, 7) is 4.96. The average molecular weight is 405 g/mol. The Morgan fingerprint density at radius 2 is 1.90 bits per heavy atom. The summed E-state index contributed by atoms with van der Waals surface area (Å²) < 4.78 is 5.54. The van der Waals surface area contributed by atoms with Crippen LogP contribution in [-0.2, 0) is 0 Å². The Kier molecular flexibility index (Phi) is 6.57. The van der Waals surface area contributed by atoms with Crippen LogP contribution in [0.25, 0.3) is 5.57 Å². The molecule has 1 N–H and O–H groups in total. The zero-order chi connectivity index (χ0) is 20.8. The maximum Gasteiger partial charge on any atom is 0.193 e. The number of methoxy groups -OCH3 is 1. The number of ether oxygens (including phenoxy) is 1. The lowest BCUT2D eigenvalue weighted by Crippen LogP contribution is -2.45. The molecule has 5 nitrogen and oxygen atoms in total. The van der Waals surface area contributed by atoms with Gasteiger partial charge in [-0.2, -0.15) is 0 Å². The minimum atomic E-state index is 0.604. The van der Waals surface area contributed by atoms with E-state index in [0.29, 0.717) is 5.92 Å². The molecule has 1 fully saturated rings. The van der Waals surface area contributed by atoms with E-state index in [-0.39, 0.29) is 0 Å². The SMILES string of the molecule is CN=C(NCC1CCN(c2ccccc2OC)C1)N1CC=C(c2ccccc2)CC1. The molecule has 30 heavy (non-hydrogen) atoms. The van der Waals surface area contributed by atoms with Gasteiger partial charge in [0.25, 0.3) is 0 Å². The number of para-hydroxylation sites is 2. The molecule has 158 valence electrons. The zero-order valence-corrected chi connectivity index (χ0v) is 18.1. The van der Waals surface area contributed by atoms with Crippen LogP contribution in [0.2, 0.25) is 0 Å². The molecule has 2 aliphatic heterocycles. The molecule has 0 saturated carbocycles. The standard InChI is InChI=1S/C25H32N4O/c1-26-25(28-16-13-22(14-17-28)21-8-4-3-5-9-21)27-18-20-12-15-29(19-20)23-10-6-7-11-24(23)30-2/h3-11,13,20H,12,14-19H2,1-2H3,(H,26,27). The van der Waals surface area contributed by atoms with Gasteiger partial charge in [-0.15, -0.1) is 0 Å². The van der Waals surface area contributed by atoms with Crippen molar-refractivity contribution in [2.45, 2.75) is 12.8 Å². The van der Waals surface area contributed by atoms with Gasteiger partial charge in [0.1, 0.15) is 5.75 Å². The Labute approximate surface area is 180 Å². The van der Waals surface area contributed by atoms with Crippen LogP contribution in [0.15, 0.2) is 65.7 Å². The zero-order valence-electron chi connectivity index (χ0n) is 18.1. The first-order valence-corrected chi connectivity index (χ1v) is 10.9. The Morgan fingerprint density at radius 1 is 1.10 bits per heavy atom. The van der Waals surface area contributed by atoms with E-state index in [1.807, 2.05) is 19.2 Å². The van der Waals surface area contributed by atoms with Gasteiger partial charge in [-0.25, -0.2) is 0 Å². The summed E-state index contributed by atoms with van der Waals surface area (Å²) in [5, 5.41) is 3.63. The molecule has 1 atom stereocenters. The van der Waals surface area contributed by atoms with Crippen molar-refractivity contribution < 1.29 is 4.74 Å². The van der Waals surface area contributed by atoms with E-state index in [2.05, 4.69) is 68.6 Å². The van der Waals surface area contributed by atoms with Crippen LogP contribution < -0.4 is 15.0 Å². The van der Waals surface area contributed by atoms with Gasteiger partial charge in [0, 0.05) is 39.8 Å². The summed E-state index contributed by atoms with van der Waals surface area (Å²) in [5.41, 5.74) is 3.97. The van der Waals surface area contributed by atoms with Crippen molar-refractivity contribution in [2.24, 2.45) is 10.9 Å². The van der Waals surface area contributed by atoms with E-state index in [9.17, 15) is 0 Å². The third kappa shape index (κ3) is 4.61. The summed E-state index contributed by atoms with van der Waals surface area (Å²) >= 11 is 0. The number of guanidine groups is 1. The van der Waals surface area contributed by atoms with E-state index in [4.69, 9.17) is 4.74 Å². The number of hydrogen-bond donors (Lipinski definition) is 1. The largest absolute Gasteiger partial charge is 0.495 e. The molecule has 0 radical (unpaired) electrons. The van der Waals surface area contributed by atoms with Crippen LogP contribution in [0.4, 0.5) is 5.69 Å². The number of nitrogens with one attached hydrogen (secondary N) is 1. The second kappa shape index (κ2) is 9.70. The van der Waals surface area contributed by atoms with Crippen molar-refractivity contribution in [1.82, 2.24) is 10.2 Å². The first kappa shape index (κ1) is 20.3. The molecule has 2 aromatic rings. The second-order valence-corrected chi connectivity index (χ2v) is 7.99. The van der Waals surface area contributed by atoms with Gasteiger partial charge >= 0.3 is 0 Å². The van der Waals surface area contributed by atoms with Crippen molar-refractivity contribution in [3.05, 3.63) is 66.2 Å². The van der Waals surface area contributed by atoms with Crippen LogP contribution in [0.3, 0.4) is 0 Å². The normalized spacial score (nSPS) is 19.6.